The van der Waals surface area contributed by atoms with Crippen LogP contribution >= 0.6 is 11.6 Å². The second kappa shape index (κ2) is 4.15. The molecule has 2 aromatic rings. The third-order valence-electron chi connectivity index (χ3n) is 2.62. The zero-order valence-corrected chi connectivity index (χ0v) is 9.53. The highest BCUT2D eigenvalue weighted by Crippen LogP contribution is 2.23. The first kappa shape index (κ1) is 11.0. The minimum atomic E-state index is -0.344. The van der Waals surface area contributed by atoms with Crippen molar-refractivity contribution < 1.29 is 4.79 Å². The van der Waals surface area contributed by atoms with E-state index in [2.05, 4.69) is 5.43 Å². The third-order valence-corrected chi connectivity index (χ3v) is 2.86. The lowest BCUT2D eigenvalue weighted by Crippen LogP contribution is -2.35. The summed E-state index contributed by atoms with van der Waals surface area (Å²) in [4.78, 5) is 11.4. The van der Waals surface area contributed by atoms with Crippen LogP contribution in [0, 0.1) is 0 Å². The average molecular weight is 238 g/mol. The summed E-state index contributed by atoms with van der Waals surface area (Å²) in [5.74, 6) is 4.88. The molecule has 0 spiro atoms. The quantitative estimate of drug-likeness (QED) is 0.476. The van der Waals surface area contributed by atoms with E-state index in [0.717, 1.165) is 10.9 Å². The summed E-state index contributed by atoms with van der Waals surface area (Å²) in [6.45, 7) is 1.79. The number of hydrogen-bond acceptors (Lipinski definition) is 2. The Balaban J connectivity index is 2.50. The van der Waals surface area contributed by atoms with Gasteiger partial charge in [-0.1, -0.05) is 11.6 Å². The summed E-state index contributed by atoms with van der Waals surface area (Å²) in [5.41, 5.74) is 3.10. The zero-order chi connectivity index (χ0) is 11.7. The highest BCUT2D eigenvalue weighted by Gasteiger charge is 2.14. The van der Waals surface area contributed by atoms with Crippen molar-refractivity contribution in [1.82, 2.24) is 9.99 Å². The number of carbonyl (C=O) groups excluding carboxylic acids is 1. The van der Waals surface area contributed by atoms with Gasteiger partial charge >= 0.3 is 0 Å². The molecule has 0 aliphatic carbocycles. The van der Waals surface area contributed by atoms with E-state index in [1.165, 1.54) is 0 Å². The van der Waals surface area contributed by atoms with Crippen molar-refractivity contribution in [2.75, 3.05) is 0 Å². The van der Waals surface area contributed by atoms with Gasteiger partial charge in [0.2, 0.25) is 0 Å². The van der Waals surface area contributed by atoms with Crippen molar-refractivity contribution >= 4 is 28.4 Å². The van der Waals surface area contributed by atoms with Crippen LogP contribution in [0.5, 0.6) is 0 Å². The first-order valence-corrected chi connectivity index (χ1v) is 5.28. The van der Waals surface area contributed by atoms with Gasteiger partial charge in [-0.3, -0.25) is 10.2 Å². The van der Waals surface area contributed by atoms with E-state index in [9.17, 15) is 4.79 Å². The summed E-state index contributed by atoms with van der Waals surface area (Å²) in [5, 5.41) is 1.69. The number of amides is 1. The molecule has 1 atom stereocenters. The Labute approximate surface area is 98.0 Å². The van der Waals surface area contributed by atoms with Crippen molar-refractivity contribution in [3.8, 4) is 0 Å². The Kier molecular flexibility index (Phi) is 2.85. The number of hydrazine groups is 1. The van der Waals surface area contributed by atoms with Gasteiger partial charge in [-0.05, 0) is 31.2 Å². The number of carbonyl (C=O) groups is 1. The van der Waals surface area contributed by atoms with Gasteiger partial charge in [-0.25, -0.2) is 5.84 Å². The van der Waals surface area contributed by atoms with Crippen LogP contribution in [0.4, 0.5) is 0 Å². The smallest absolute Gasteiger partial charge is 0.256 e. The molecule has 2 rings (SSSR count). The second-order valence-corrected chi connectivity index (χ2v) is 4.05. The average Bonchev–Trinajstić information content (AvgIpc) is 2.69. The van der Waals surface area contributed by atoms with E-state index >= 15 is 0 Å². The molecule has 0 bridgehead atoms. The Bertz CT molecular complexity index is 535. The second-order valence-electron chi connectivity index (χ2n) is 3.61. The number of hydrogen-bond donors (Lipinski definition) is 2. The number of nitrogens with two attached hydrogens (primary N) is 1. The van der Waals surface area contributed by atoms with Gasteiger partial charge in [0.15, 0.2) is 0 Å². The minimum Gasteiger partial charge on any atom is -0.335 e. The molecular formula is C11H12ClN3O. The Morgan fingerprint density at radius 2 is 2.25 bits per heavy atom. The molecule has 0 radical (unpaired) electrons. The molecule has 0 aliphatic heterocycles. The predicted molar refractivity (Wildman–Crippen MR) is 64.0 cm³/mol. The number of benzene rings is 1. The molecule has 1 unspecified atom stereocenters. The minimum absolute atomic E-state index is 0.229. The fourth-order valence-corrected chi connectivity index (χ4v) is 1.90. The van der Waals surface area contributed by atoms with Crippen LogP contribution in [0.3, 0.4) is 0 Å². The molecule has 1 aromatic heterocycles. The molecule has 3 N–H and O–H groups in total. The summed E-state index contributed by atoms with van der Waals surface area (Å²) < 4.78 is 1.86. The number of nitrogens with one attached hydrogen (secondary N) is 1. The molecule has 1 aromatic carbocycles. The first-order chi connectivity index (χ1) is 7.63. The van der Waals surface area contributed by atoms with Crippen molar-refractivity contribution in [3.05, 3.63) is 35.5 Å². The van der Waals surface area contributed by atoms with E-state index < -0.39 is 0 Å². The van der Waals surface area contributed by atoms with Crippen molar-refractivity contribution in [2.45, 2.75) is 13.0 Å². The van der Waals surface area contributed by atoms with Crippen LogP contribution < -0.4 is 11.3 Å². The predicted octanol–water partition coefficient (Wildman–Crippen LogP) is 1.85. The lowest BCUT2D eigenvalue weighted by Gasteiger charge is -2.13. The first-order valence-electron chi connectivity index (χ1n) is 4.90. The van der Waals surface area contributed by atoms with Crippen LogP contribution in [0.15, 0.2) is 30.5 Å². The normalized spacial score (nSPS) is 12.7. The van der Waals surface area contributed by atoms with Crippen LogP contribution in [0.2, 0.25) is 5.02 Å². The van der Waals surface area contributed by atoms with E-state index in [0.29, 0.717) is 5.02 Å². The lowest BCUT2D eigenvalue weighted by atomic mass is 10.2. The van der Waals surface area contributed by atoms with E-state index in [1.54, 1.807) is 13.0 Å². The maximum absolute atomic E-state index is 11.4. The molecule has 0 saturated carbocycles. The fraction of sp³-hybridized carbons (Fsp3) is 0.182. The number of fused-ring (bicyclic) bond motifs is 1. The molecule has 1 amide bonds. The van der Waals surface area contributed by atoms with Crippen LogP contribution in [0.25, 0.3) is 10.9 Å². The molecule has 84 valence electrons. The SMILES string of the molecule is CC(C(=O)NN)n1ccc2cc(Cl)ccc21. The summed E-state index contributed by atoms with van der Waals surface area (Å²) in [7, 11) is 0. The molecule has 0 aliphatic rings. The van der Waals surface area contributed by atoms with Crippen LogP contribution in [-0.2, 0) is 4.79 Å². The summed E-state index contributed by atoms with van der Waals surface area (Å²) in [6, 6.07) is 7.12. The van der Waals surface area contributed by atoms with Gasteiger partial charge in [-0.15, -0.1) is 0 Å². The molecule has 1 heterocycles. The van der Waals surface area contributed by atoms with Crippen molar-refractivity contribution in [3.63, 3.8) is 0 Å². The van der Waals surface area contributed by atoms with Gasteiger partial charge in [0.1, 0.15) is 6.04 Å². The van der Waals surface area contributed by atoms with E-state index in [-0.39, 0.29) is 11.9 Å². The Hall–Kier alpha value is -1.52. The van der Waals surface area contributed by atoms with Gasteiger partial charge in [0.25, 0.3) is 5.91 Å². The van der Waals surface area contributed by atoms with Gasteiger partial charge in [-0.2, -0.15) is 0 Å². The Morgan fingerprint density at radius 3 is 2.94 bits per heavy atom. The largest absolute Gasteiger partial charge is 0.335 e. The van der Waals surface area contributed by atoms with Crippen LogP contribution in [0.1, 0.15) is 13.0 Å². The third kappa shape index (κ3) is 1.77. The van der Waals surface area contributed by atoms with Crippen LogP contribution in [-0.4, -0.2) is 10.5 Å². The van der Waals surface area contributed by atoms with E-state index in [1.807, 2.05) is 29.0 Å². The van der Waals surface area contributed by atoms with Gasteiger partial charge in [0, 0.05) is 22.1 Å². The zero-order valence-electron chi connectivity index (χ0n) is 8.77. The maximum Gasteiger partial charge on any atom is 0.256 e. The topological polar surface area (TPSA) is 60.1 Å². The van der Waals surface area contributed by atoms with Crippen molar-refractivity contribution in [2.24, 2.45) is 5.84 Å². The molecule has 0 saturated heterocycles. The highest BCUT2D eigenvalue weighted by molar-refractivity contribution is 6.31. The number of rotatable bonds is 2. The summed E-state index contributed by atoms with van der Waals surface area (Å²) in [6.07, 6.45) is 1.85. The molecule has 4 nitrogen and oxygen atoms in total. The fourth-order valence-electron chi connectivity index (χ4n) is 1.72. The molecular weight excluding hydrogens is 226 g/mol. The van der Waals surface area contributed by atoms with E-state index in [4.69, 9.17) is 17.4 Å². The number of nitrogens with zero attached hydrogens (tertiary/aromatic N) is 1. The van der Waals surface area contributed by atoms with Gasteiger partial charge in [0.05, 0.1) is 0 Å². The Morgan fingerprint density at radius 1 is 1.50 bits per heavy atom. The van der Waals surface area contributed by atoms with Crippen molar-refractivity contribution in [1.29, 1.82) is 0 Å². The summed E-state index contributed by atoms with van der Waals surface area (Å²) >= 11 is 5.89. The lowest BCUT2D eigenvalue weighted by molar-refractivity contribution is -0.123. The molecule has 5 heteroatoms. The monoisotopic (exact) mass is 237 g/mol. The molecule has 0 fully saturated rings. The number of halogens is 1. The maximum atomic E-state index is 11.4. The van der Waals surface area contributed by atoms with Gasteiger partial charge < -0.3 is 4.57 Å². The standard InChI is InChI=1S/C11H12ClN3O/c1-7(11(16)14-13)15-5-4-8-6-9(12)2-3-10(8)15/h2-7H,13H2,1H3,(H,14,16). The number of aromatic nitrogens is 1. The highest BCUT2D eigenvalue weighted by atomic mass is 35.5. The molecule has 16 heavy (non-hydrogen) atoms.